The molecule has 1 aromatic rings. The SMILES string of the molecule is CC(C)c1noc(CCC(=O)N2CCC3CCC(C2)N3)n1.Cl. The Labute approximate surface area is 137 Å². The van der Waals surface area contributed by atoms with Crippen LogP contribution < -0.4 is 5.32 Å². The van der Waals surface area contributed by atoms with Gasteiger partial charge in [-0.25, -0.2) is 0 Å². The van der Waals surface area contributed by atoms with Crippen LogP contribution in [0.2, 0.25) is 0 Å². The van der Waals surface area contributed by atoms with Crippen molar-refractivity contribution < 1.29 is 9.32 Å². The van der Waals surface area contributed by atoms with Crippen LogP contribution in [-0.2, 0) is 11.2 Å². The molecule has 3 heterocycles. The number of carbonyl (C=O) groups is 1. The molecule has 2 aliphatic heterocycles. The Balaban J connectivity index is 0.00000176. The number of aryl methyl sites for hydroxylation is 1. The first-order valence-electron chi connectivity index (χ1n) is 7.98. The molecule has 3 rings (SSSR count). The van der Waals surface area contributed by atoms with Crippen molar-refractivity contribution in [3.63, 3.8) is 0 Å². The molecule has 22 heavy (non-hydrogen) atoms. The maximum atomic E-state index is 12.3. The number of fused-ring (bicyclic) bond motifs is 2. The zero-order valence-electron chi connectivity index (χ0n) is 13.2. The Hall–Kier alpha value is -1.14. The van der Waals surface area contributed by atoms with Gasteiger partial charge in [0.15, 0.2) is 5.82 Å². The standard InChI is InChI=1S/C15H24N4O2.ClH/c1-10(2)15-17-13(21-18-15)5-6-14(20)19-8-7-11-3-4-12(9-19)16-11;/h10-12,16H,3-9H2,1-2H3;1H. The van der Waals surface area contributed by atoms with Crippen molar-refractivity contribution in [3.8, 4) is 0 Å². The first-order valence-corrected chi connectivity index (χ1v) is 7.98. The molecule has 0 saturated carbocycles. The molecule has 124 valence electrons. The Morgan fingerprint density at radius 3 is 2.86 bits per heavy atom. The highest BCUT2D eigenvalue weighted by atomic mass is 35.5. The second kappa shape index (κ2) is 7.42. The highest BCUT2D eigenvalue weighted by Crippen LogP contribution is 2.21. The number of rotatable bonds is 4. The van der Waals surface area contributed by atoms with E-state index >= 15 is 0 Å². The van der Waals surface area contributed by atoms with Crippen LogP contribution in [0.4, 0.5) is 0 Å². The van der Waals surface area contributed by atoms with E-state index in [0.717, 1.165) is 19.5 Å². The third kappa shape index (κ3) is 3.98. The molecule has 2 unspecified atom stereocenters. The summed E-state index contributed by atoms with van der Waals surface area (Å²) < 4.78 is 5.19. The number of aromatic nitrogens is 2. The summed E-state index contributed by atoms with van der Waals surface area (Å²) in [6.07, 6.45) is 4.51. The molecule has 2 saturated heterocycles. The van der Waals surface area contributed by atoms with Crippen molar-refractivity contribution in [2.75, 3.05) is 13.1 Å². The molecule has 0 spiro atoms. The zero-order chi connectivity index (χ0) is 14.8. The Morgan fingerprint density at radius 1 is 1.36 bits per heavy atom. The summed E-state index contributed by atoms with van der Waals surface area (Å²) in [4.78, 5) is 18.7. The molecule has 0 radical (unpaired) electrons. The number of amides is 1. The van der Waals surface area contributed by atoms with Crippen molar-refractivity contribution in [1.82, 2.24) is 20.4 Å². The van der Waals surface area contributed by atoms with Crippen LogP contribution in [0, 0.1) is 0 Å². The quantitative estimate of drug-likeness (QED) is 0.914. The predicted molar refractivity (Wildman–Crippen MR) is 85.1 cm³/mol. The molecular formula is C15H25ClN4O2. The first-order chi connectivity index (χ1) is 10.1. The van der Waals surface area contributed by atoms with Crippen molar-refractivity contribution in [2.24, 2.45) is 0 Å². The molecule has 6 nitrogen and oxygen atoms in total. The summed E-state index contributed by atoms with van der Waals surface area (Å²) in [6.45, 7) is 5.77. The number of hydrogen-bond donors (Lipinski definition) is 1. The van der Waals surface area contributed by atoms with Gasteiger partial charge < -0.3 is 14.7 Å². The molecule has 2 atom stereocenters. The van der Waals surface area contributed by atoms with E-state index in [4.69, 9.17) is 4.52 Å². The van der Waals surface area contributed by atoms with Gasteiger partial charge in [0.2, 0.25) is 11.8 Å². The fraction of sp³-hybridized carbons (Fsp3) is 0.800. The monoisotopic (exact) mass is 328 g/mol. The molecule has 1 N–H and O–H groups in total. The lowest BCUT2D eigenvalue weighted by Crippen LogP contribution is -2.39. The van der Waals surface area contributed by atoms with E-state index in [1.165, 1.54) is 12.8 Å². The third-order valence-electron chi connectivity index (χ3n) is 4.43. The maximum absolute atomic E-state index is 12.3. The maximum Gasteiger partial charge on any atom is 0.227 e. The molecule has 1 amide bonds. The summed E-state index contributed by atoms with van der Waals surface area (Å²) in [5.41, 5.74) is 0. The second-order valence-electron chi connectivity index (χ2n) is 6.47. The van der Waals surface area contributed by atoms with Crippen LogP contribution in [0.25, 0.3) is 0 Å². The fourth-order valence-electron chi connectivity index (χ4n) is 3.15. The molecular weight excluding hydrogens is 304 g/mol. The number of hydrogen-bond acceptors (Lipinski definition) is 5. The van der Waals surface area contributed by atoms with Gasteiger partial charge in [0.25, 0.3) is 0 Å². The molecule has 7 heteroatoms. The molecule has 0 aliphatic carbocycles. The molecule has 2 fully saturated rings. The number of nitrogens with one attached hydrogen (secondary N) is 1. The predicted octanol–water partition coefficient (Wildman–Crippen LogP) is 1.90. The second-order valence-corrected chi connectivity index (χ2v) is 6.47. The van der Waals surface area contributed by atoms with Gasteiger partial charge in [0.05, 0.1) is 0 Å². The lowest BCUT2D eigenvalue weighted by Gasteiger charge is -2.24. The molecule has 2 aliphatic rings. The van der Waals surface area contributed by atoms with E-state index in [1.807, 2.05) is 18.7 Å². The van der Waals surface area contributed by atoms with Gasteiger partial charge in [-0.1, -0.05) is 19.0 Å². The van der Waals surface area contributed by atoms with Crippen LogP contribution in [-0.4, -0.2) is 46.1 Å². The van der Waals surface area contributed by atoms with Gasteiger partial charge in [-0.3, -0.25) is 4.79 Å². The summed E-state index contributed by atoms with van der Waals surface area (Å²) in [5, 5.41) is 7.52. The Morgan fingerprint density at radius 2 is 2.14 bits per heavy atom. The van der Waals surface area contributed by atoms with Gasteiger partial charge in [0.1, 0.15) is 0 Å². The van der Waals surface area contributed by atoms with E-state index in [1.54, 1.807) is 0 Å². The smallest absolute Gasteiger partial charge is 0.227 e. The minimum absolute atomic E-state index is 0. The van der Waals surface area contributed by atoms with E-state index in [-0.39, 0.29) is 24.2 Å². The number of carbonyl (C=O) groups excluding carboxylic acids is 1. The number of nitrogens with zero attached hydrogens (tertiary/aromatic N) is 3. The van der Waals surface area contributed by atoms with Crippen molar-refractivity contribution in [3.05, 3.63) is 11.7 Å². The van der Waals surface area contributed by atoms with Gasteiger partial charge in [-0.05, 0) is 19.3 Å². The van der Waals surface area contributed by atoms with E-state index < -0.39 is 0 Å². The average molecular weight is 329 g/mol. The van der Waals surface area contributed by atoms with Crippen LogP contribution in [0.15, 0.2) is 4.52 Å². The van der Waals surface area contributed by atoms with Gasteiger partial charge in [-0.2, -0.15) is 4.98 Å². The van der Waals surface area contributed by atoms with Crippen LogP contribution in [0.5, 0.6) is 0 Å². The normalized spacial score (nSPS) is 24.2. The number of halogens is 1. The molecule has 2 bridgehead atoms. The highest BCUT2D eigenvalue weighted by molar-refractivity contribution is 5.85. The molecule has 1 aromatic heterocycles. The van der Waals surface area contributed by atoms with E-state index in [2.05, 4.69) is 15.5 Å². The van der Waals surface area contributed by atoms with Crippen LogP contribution >= 0.6 is 12.4 Å². The fourth-order valence-corrected chi connectivity index (χ4v) is 3.15. The minimum Gasteiger partial charge on any atom is -0.341 e. The van der Waals surface area contributed by atoms with Crippen molar-refractivity contribution in [1.29, 1.82) is 0 Å². The van der Waals surface area contributed by atoms with Crippen LogP contribution in [0.3, 0.4) is 0 Å². The topological polar surface area (TPSA) is 71.3 Å². The van der Waals surface area contributed by atoms with Gasteiger partial charge in [-0.15, -0.1) is 12.4 Å². The average Bonchev–Trinajstić information content (AvgIpc) is 3.03. The summed E-state index contributed by atoms with van der Waals surface area (Å²) in [6, 6.07) is 1.09. The van der Waals surface area contributed by atoms with E-state index in [9.17, 15) is 4.79 Å². The van der Waals surface area contributed by atoms with Crippen molar-refractivity contribution in [2.45, 2.75) is 64.0 Å². The Kier molecular flexibility index (Phi) is 5.81. The lowest BCUT2D eigenvalue weighted by molar-refractivity contribution is -0.131. The van der Waals surface area contributed by atoms with Gasteiger partial charge >= 0.3 is 0 Å². The van der Waals surface area contributed by atoms with Crippen LogP contribution in [0.1, 0.15) is 57.2 Å². The summed E-state index contributed by atoms with van der Waals surface area (Å²) in [7, 11) is 0. The minimum atomic E-state index is 0. The summed E-state index contributed by atoms with van der Waals surface area (Å²) >= 11 is 0. The van der Waals surface area contributed by atoms with E-state index in [0.29, 0.717) is 36.6 Å². The van der Waals surface area contributed by atoms with Crippen molar-refractivity contribution >= 4 is 18.3 Å². The number of likely N-dealkylation sites (tertiary alicyclic amines) is 1. The highest BCUT2D eigenvalue weighted by Gasteiger charge is 2.30. The largest absolute Gasteiger partial charge is 0.341 e. The molecule has 0 aromatic carbocycles. The lowest BCUT2D eigenvalue weighted by atomic mass is 10.1. The first kappa shape index (κ1) is 17.2. The zero-order valence-corrected chi connectivity index (χ0v) is 14.1. The Bertz CT molecular complexity index is 505. The third-order valence-corrected chi connectivity index (χ3v) is 4.43. The van der Waals surface area contributed by atoms with Gasteiger partial charge in [0, 0.05) is 43.9 Å². The summed E-state index contributed by atoms with van der Waals surface area (Å²) in [5.74, 6) is 1.74.